The minimum Gasteiger partial charge on any atom is -0.481 e. The third-order valence-corrected chi connectivity index (χ3v) is 4.30. The van der Waals surface area contributed by atoms with Gasteiger partial charge in [-0.25, -0.2) is 0 Å². The molecule has 0 amide bonds. The van der Waals surface area contributed by atoms with Gasteiger partial charge in [0.05, 0.1) is 17.8 Å². The topological polar surface area (TPSA) is 112 Å². The molecule has 0 saturated carbocycles. The number of carbonyl (C=O) groups is 3. The molecule has 0 fully saturated rings. The number of carboxylic acid groups (broad SMARTS) is 3. The van der Waals surface area contributed by atoms with Crippen LogP contribution >= 0.6 is 0 Å². The van der Waals surface area contributed by atoms with Gasteiger partial charge in [0.1, 0.15) is 0 Å². The monoisotopic (exact) mass is 312 g/mol. The summed E-state index contributed by atoms with van der Waals surface area (Å²) in [7, 11) is 0. The molecule has 0 bridgehead atoms. The van der Waals surface area contributed by atoms with Crippen LogP contribution in [0.4, 0.5) is 0 Å². The van der Waals surface area contributed by atoms with Gasteiger partial charge in [-0.2, -0.15) is 0 Å². The maximum Gasteiger partial charge on any atom is 0.311 e. The first kappa shape index (κ1) is 18.2. The molecule has 22 heavy (non-hydrogen) atoms. The summed E-state index contributed by atoms with van der Waals surface area (Å²) in [5, 5.41) is 27.8. The summed E-state index contributed by atoms with van der Waals surface area (Å²) in [6, 6.07) is 0. The van der Waals surface area contributed by atoms with E-state index in [9.17, 15) is 24.6 Å². The summed E-state index contributed by atoms with van der Waals surface area (Å²) in [5.41, 5.74) is 0. The molecular weight excluding hydrogens is 288 g/mol. The molecule has 1 rings (SSSR count). The molecule has 0 saturated heterocycles. The zero-order chi connectivity index (χ0) is 16.7. The van der Waals surface area contributed by atoms with E-state index in [1.165, 1.54) is 6.08 Å². The van der Waals surface area contributed by atoms with Crippen molar-refractivity contribution in [1.29, 1.82) is 0 Å². The molecule has 124 valence electrons. The van der Waals surface area contributed by atoms with Crippen LogP contribution in [0.1, 0.15) is 45.4 Å². The van der Waals surface area contributed by atoms with E-state index in [4.69, 9.17) is 5.11 Å². The Hall–Kier alpha value is -1.85. The van der Waals surface area contributed by atoms with E-state index in [0.717, 1.165) is 32.1 Å². The highest BCUT2D eigenvalue weighted by Crippen LogP contribution is 2.37. The molecule has 0 heterocycles. The number of rotatable bonds is 9. The molecule has 0 aromatic heterocycles. The van der Waals surface area contributed by atoms with Crippen molar-refractivity contribution in [2.75, 3.05) is 0 Å². The second kappa shape index (κ2) is 8.56. The van der Waals surface area contributed by atoms with Gasteiger partial charge in [-0.1, -0.05) is 51.2 Å². The molecule has 4 unspecified atom stereocenters. The first-order valence-electron chi connectivity index (χ1n) is 7.76. The Balaban J connectivity index is 2.83. The van der Waals surface area contributed by atoms with Crippen molar-refractivity contribution >= 4 is 17.9 Å². The Morgan fingerprint density at radius 1 is 0.818 bits per heavy atom. The molecule has 3 N–H and O–H groups in total. The second-order valence-electron chi connectivity index (χ2n) is 5.84. The highest BCUT2D eigenvalue weighted by Gasteiger charge is 2.47. The number of aliphatic carboxylic acids is 3. The van der Waals surface area contributed by atoms with E-state index in [-0.39, 0.29) is 0 Å². The van der Waals surface area contributed by atoms with E-state index >= 15 is 0 Å². The molecule has 0 aliphatic heterocycles. The van der Waals surface area contributed by atoms with Gasteiger partial charge in [0, 0.05) is 0 Å². The van der Waals surface area contributed by atoms with E-state index < -0.39 is 41.6 Å². The lowest BCUT2D eigenvalue weighted by Gasteiger charge is -2.33. The van der Waals surface area contributed by atoms with Crippen molar-refractivity contribution in [3.05, 3.63) is 12.2 Å². The summed E-state index contributed by atoms with van der Waals surface area (Å²) in [4.78, 5) is 34.0. The molecule has 0 radical (unpaired) electrons. The van der Waals surface area contributed by atoms with Crippen molar-refractivity contribution in [3.63, 3.8) is 0 Å². The normalized spacial score (nSPS) is 27.5. The lowest BCUT2D eigenvalue weighted by atomic mass is 9.69. The Morgan fingerprint density at radius 3 is 1.91 bits per heavy atom. The summed E-state index contributed by atoms with van der Waals surface area (Å²) in [5.74, 6) is -8.20. The molecule has 1 aliphatic carbocycles. The van der Waals surface area contributed by atoms with Crippen LogP contribution in [-0.2, 0) is 14.4 Å². The zero-order valence-corrected chi connectivity index (χ0v) is 12.8. The predicted molar refractivity (Wildman–Crippen MR) is 79.4 cm³/mol. The van der Waals surface area contributed by atoms with E-state index in [0.29, 0.717) is 6.42 Å². The minimum absolute atomic E-state index is 0.421. The number of hydrogen-bond donors (Lipinski definition) is 3. The fourth-order valence-electron chi connectivity index (χ4n) is 3.13. The maximum absolute atomic E-state index is 11.5. The van der Waals surface area contributed by atoms with E-state index in [1.807, 2.05) is 0 Å². The van der Waals surface area contributed by atoms with Crippen LogP contribution in [0.15, 0.2) is 12.2 Å². The fourth-order valence-corrected chi connectivity index (χ4v) is 3.13. The van der Waals surface area contributed by atoms with Crippen LogP contribution in [0, 0.1) is 23.7 Å². The van der Waals surface area contributed by atoms with Crippen LogP contribution in [0.5, 0.6) is 0 Å². The fraction of sp³-hybridized carbons (Fsp3) is 0.688. The Bertz CT molecular complexity index is 442. The van der Waals surface area contributed by atoms with Gasteiger partial charge >= 0.3 is 17.9 Å². The molecule has 6 heteroatoms. The average molecular weight is 312 g/mol. The Labute approximate surface area is 129 Å². The number of hydrogen-bond acceptors (Lipinski definition) is 3. The molecule has 4 atom stereocenters. The average Bonchev–Trinajstić information content (AvgIpc) is 2.45. The smallest absolute Gasteiger partial charge is 0.311 e. The summed E-state index contributed by atoms with van der Waals surface area (Å²) in [6.07, 6.45) is 8.61. The molecule has 6 nitrogen and oxygen atoms in total. The second-order valence-corrected chi connectivity index (χ2v) is 5.84. The summed E-state index contributed by atoms with van der Waals surface area (Å²) in [6.45, 7) is 2.10. The van der Waals surface area contributed by atoms with Crippen molar-refractivity contribution in [3.8, 4) is 0 Å². The first-order valence-corrected chi connectivity index (χ1v) is 7.76. The number of allylic oxidation sites excluding steroid dienone is 1. The Kier molecular flexibility index (Phi) is 7.08. The molecule has 1 aliphatic rings. The van der Waals surface area contributed by atoms with Crippen LogP contribution < -0.4 is 0 Å². The van der Waals surface area contributed by atoms with E-state index in [2.05, 4.69) is 6.92 Å². The lowest BCUT2D eigenvalue weighted by molar-refractivity contribution is -0.162. The number of carboxylic acids is 3. The van der Waals surface area contributed by atoms with Crippen molar-refractivity contribution in [2.24, 2.45) is 23.7 Å². The lowest BCUT2D eigenvalue weighted by Crippen LogP contribution is -2.43. The van der Waals surface area contributed by atoms with Gasteiger partial charge in [-0.3, -0.25) is 14.4 Å². The third-order valence-electron chi connectivity index (χ3n) is 4.30. The van der Waals surface area contributed by atoms with Gasteiger partial charge in [0.2, 0.25) is 0 Å². The van der Waals surface area contributed by atoms with E-state index in [1.54, 1.807) is 6.08 Å². The van der Waals surface area contributed by atoms with Gasteiger partial charge in [-0.05, 0) is 12.3 Å². The zero-order valence-electron chi connectivity index (χ0n) is 12.8. The molecular formula is C16H24O6. The molecule has 0 aromatic rings. The first-order chi connectivity index (χ1) is 10.4. The van der Waals surface area contributed by atoms with Gasteiger partial charge in [-0.15, -0.1) is 0 Å². The predicted octanol–water partition coefficient (Wildman–Crippen LogP) is 2.64. The van der Waals surface area contributed by atoms with Crippen LogP contribution in [0.3, 0.4) is 0 Å². The van der Waals surface area contributed by atoms with Crippen LogP contribution in [-0.4, -0.2) is 33.2 Å². The third kappa shape index (κ3) is 4.58. The number of unbranched alkanes of at least 4 members (excludes halogenated alkanes) is 4. The van der Waals surface area contributed by atoms with Crippen molar-refractivity contribution in [2.45, 2.75) is 45.4 Å². The van der Waals surface area contributed by atoms with Gasteiger partial charge in [0.15, 0.2) is 0 Å². The maximum atomic E-state index is 11.5. The minimum atomic E-state index is -1.42. The van der Waals surface area contributed by atoms with Crippen LogP contribution in [0.2, 0.25) is 0 Å². The largest absolute Gasteiger partial charge is 0.481 e. The summed E-state index contributed by atoms with van der Waals surface area (Å²) < 4.78 is 0. The van der Waals surface area contributed by atoms with Crippen LogP contribution in [0.25, 0.3) is 0 Å². The quantitative estimate of drug-likeness (QED) is 0.446. The van der Waals surface area contributed by atoms with Gasteiger partial charge < -0.3 is 15.3 Å². The highest BCUT2D eigenvalue weighted by molar-refractivity contribution is 5.87. The standard InChI is InChI=1S/C16H24O6/c1-2-3-4-5-6-7-10-8-9-11(14(17)18)13(16(21)22)12(10)15(19)20/h8-13H,2-7H2,1H3,(H,17,18)(H,19,20)(H,21,22). The molecule has 0 spiro atoms. The highest BCUT2D eigenvalue weighted by atomic mass is 16.4. The molecule has 0 aromatic carbocycles. The Morgan fingerprint density at radius 2 is 1.41 bits per heavy atom. The van der Waals surface area contributed by atoms with Gasteiger partial charge in [0.25, 0.3) is 0 Å². The summed E-state index contributed by atoms with van der Waals surface area (Å²) >= 11 is 0. The van der Waals surface area contributed by atoms with Crippen molar-refractivity contribution < 1.29 is 29.7 Å². The SMILES string of the molecule is CCCCCCCC1C=CC(C(=O)O)C(C(=O)O)C1C(=O)O. The van der Waals surface area contributed by atoms with Crippen molar-refractivity contribution in [1.82, 2.24) is 0 Å².